The zero-order valence-electron chi connectivity index (χ0n) is 9.59. The van der Waals surface area contributed by atoms with Crippen molar-refractivity contribution >= 4 is 11.0 Å². The van der Waals surface area contributed by atoms with Crippen molar-refractivity contribution < 1.29 is 5.11 Å². The van der Waals surface area contributed by atoms with Gasteiger partial charge in [-0.3, -0.25) is 9.97 Å². The fourth-order valence-electron chi connectivity index (χ4n) is 1.86. The molecule has 1 unspecified atom stereocenters. The molecule has 0 aliphatic carbocycles. The summed E-state index contributed by atoms with van der Waals surface area (Å²) in [6.07, 6.45) is 3.62. The van der Waals surface area contributed by atoms with E-state index >= 15 is 0 Å². The van der Waals surface area contributed by atoms with Gasteiger partial charge in [0.2, 0.25) is 0 Å². The minimum atomic E-state index is -0.458. The van der Waals surface area contributed by atoms with Gasteiger partial charge in [0.1, 0.15) is 0 Å². The molecule has 1 atom stereocenters. The Hall–Kier alpha value is -1.48. The number of nitrogens with zero attached hydrogens (tertiary/aromatic N) is 2. The Morgan fingerprint density at radius 3 is 2.69 bits per heavy atom. The highest BCUT2D eigenvalue weighted by Crippen LogP contribution is 2.25. The first-order valence-corrected chi connectivity index (χ1v) is 5.56. The Morgan fingerprint density at radius 1 is 1.19 bits per heavy atom. The third kappa shape index (κ3) is 2.19. The quantitative estimate of drug-likeness (QED) is 0.858. The van der Waals surface area contributed by atoms with E-state index in [4.69, 9.17) is 0 Å². The number of aliphatic hydroxyl groups excluding tert-OH is 1. The van der Waals surface area contributed by atoms with Gasteiger partial charge in [-0.05, 0) is 18.4 Å². The van der Waals surface area contributed by atoms with E-state index in [-0.39, 0.29) is 0 Å². The molecule has 2 aromatic rings. The number of aliphatic hydroxyl groups is 1. The van der Waals surface area contributed by atoms with E-state index in [9.17, 15) is 5.11 Å². The van der Waals surface area contributed by atoms with Gasteiger partial charge >= 0.3 is 0 Å². The topological polar surface area (TPSA) is 46.0 Å². The van der Waals surface area contributed by atoms with E-state index < -0.39 is 6.10 Å². The molecule has 2 rings (SSSR count). The van der Waals surface area contributed by atoms with Gasteiger partial charge < -0.3 is 5.11 Å². The molecule has 1 heterocycles. The van der Waals surface area contributed by atoms with Gasteiger partial charge in [0.15, 0.2) is 0 Å². The number of hydrogen-bond acceptors (Lipinski definition) is 3. The standard InChI is InChI=1S/C13H16N2O/c1-9(2)8-12(16)10-4-3-5-11-13(10)15-7-6-14-11/h3-7,9,12,16H,8H2,1-2H3. The molecular formula is C13H16N2O. The molecule has 1 aromatic heterocycles. The summed E-state index contributed by atoms with van der Waals surface area (Å²) in [6, 6.07) is 5.74. The summed E-state index contributed by atoms with van der Waals surface area (Å²) in [5.41, 5.74) is 2.51. The van der Waals surface area contributed by atoms with Crippen molar-refractivity contribution in [2.75, 3.05) is 0 Å². The van der Waals surface area contributed by atoms with Crippen LogP contribution in [0.4, 0.5) is 0 Å². The van der Waals surface area contributed by atoms with Gasteiger partial charge in [0, 0.05) is 18.0 Å². The average molecular weight is 216 g/mol. The van der Waals surface area contributed by atoms with Gasteiger partial charge in [-0.1, -0.05) is 26.0 Å². The van der Waals surface area contributed by atoms with Crippen LogP contribution in [0.1, 0.15) is 31.9 Å². The van der Waals surface area contributed by atoms with Gasteiger partial charge in [0.05, 0.1) is 17.1 Å². The summed E-state index contributed by atoms with van der Waals surface area (Å²) in [4.78, 5) is 8.52. The van der Waals surface area contributed by atoms with Crippen LogP contribution >= 0.6 is 0 Å². The van der Waals surface area contributed by atoms with Gasteiger partial charge in [-0.2, -0.15) is 0 Å². The molecule has 1 aromatic carbocycles. The van der Waals surface area contributed by atoms with E-state index in [1.807, 2.05) is 18.2 Å². The molecule has 0 radical (unpaired) electrons. The summed E-state index contributed by atoms with van der Waals surface area (Å²) < 4.78 is 0. The molecule has 0 spiro atoms. The van der Waals surface area contributed by atoms with Crippen molar-refractivity contribution in [2.24, 2.45) is 5.92 Å². The maximum Gasteiger partial charge on any atom is 0.0944 e. The summed E-state index contributed by atoms with van der Waals surface area (Å²) in [7, 11) is 0. The predicted molar refractivity (Wildman–Crippen MR) is 64.0 cm³/mol. The molecule has 0 amide bonds. The first kappa shape index (κ1) is 11.0. The molecule has 0 aliphatic heterocycles. The van der Waals surface area contributed by atoms with Crippen LogP contribution in [-0.4, -0.2) is 15.1 Å². The number of hydrogen-bond donors (Lipinski definition) is 1. The Morgan fingerprint density at radius 2 is 1.94 bits per heavy atom. The fourth-order valence-corrected chi connectivity index (χ4v) is 1.86. The zero-order valence-corrected chi connectivity index (χ0v) is 9.59. The largest absolute Gasteiger partial charge is 0.388 e. The molecule has 0 saturated heterocycles. The van der Waals surface area contributed by atoms with Crippen LogP contribution in [0.25, 0.3) is 11.0 Å². The number of aromatic nitrogens is 2. The van der Waals surface area contributed by atoms with Crippen LogP contribution in [0.5, 0.6) is 0 Å². The number of benzene rings is 1. The Labute approximate surface area is 95.2 Å². The van der Waals surface area contributed by atoms with Crippen LogP contribution in [0, 0.1) is 5.92 Å². The molecule has 3 nitrogen and oxygen atoms in total. The number of para-hydroxylation sites is 1. The van der Waals surface area contributed by atoms with Crippen molar-refractivity contribution in [3.05, 3.63) is 36.2 Å². The minimum Gasteiger partial charge on any atom is -0.388 e. The third-order valence-corrected chi connectivity index (χ3v) is 2.58. The highest BCUT2D eigenvalue weighted by atomic mass is 16.3. The third-order valence-electron chi connectivity index (χ3n) is 2.58. The molecule has 84 valence electrons. The first-order chi connectivity index (χ1) is 7.68. The van der Waals surface area contributed by atoms with Crippen molar-refractivity contribution in [2.45, 2.75) is 26.4 Å². The van der Waals surface area contributed by atoms with E-state index in [0.29, 0.717) is 5.92 Å². The first-order valence-electron chi connectivity index (χ1n) is 5.56. The maximum absolute atomic E-state index is 10.1. The van der Waals surface area contributed by atoms with Crippen LogP contribution < -0.4 is 0 Å². The van der Waals surface area contributed by atoms with Gasteiger partial charge in [-0.15, -0.1) is 0 Å². The fraction of sp³-hybridized carbons (Fsp3) is 0.385. The van der Waals surface area contributed by atoms with E-state index in [1.165, 1.54) is 0 Å². The highest BCUT2D eigenvalue weighted by Gasteiger charge is 2.13. The normalized spacial score (nSPS) is 13.2. The predicted octanol–water partition coefficient (Wildman–Crippen LogP) is 2.71. The molecule has 3 heteroatoms. The SMILES string of the molecule is CC(C)CC(O)c1cccc2nccnc12. The van der Waals surface area contributed by atoms with Crippen molar-refractivity contribution in [1.29, 1.82) is 0 Å². The van der Waals surface area contributed by atoms with Crippen LogP contribution in [-0.2, 0) is 0 Å². The smallest absolute Gasteiger partial charge is 0.0944 e. The summed E-state index contributed by atoms with van der Waals surface area (Å²) >= 11 is 0. The van der Waals surface area contributed by atoms with E-state index in [0.717, 1.165) is 23.0 Å². The molecule has 0 saturated carbocycles. The minimum absolute atomic E-state index is 0.458. The number of fused-ring (bicyclic) bond motifs is 1. The van der Waals surface area contributed by atoms with Gasteiger partial charge in [0.25, 0.3) is 0 Å². The summed E-state index contributed by atoms with van der Waals surface area (Å²) in [5, 5.41) is 10.1. The molecular weight excluding hydrogens is 200 g/mol. The molecule has 0 bridgehead atoms. The molecule has 16 heavy (non-hydrogen) atoms. The lowest BCUT2D eigenvalue weighted by Gasteiger charge is -2.14. The molecule has 0 fully saturated rings. The number of rotatable bonds is 3. The summed E-state index contributed by atoms with van der Waals surface area (Å²) in [5.74, 6) is 0.460. The van der Waals surface area contributed by atoms with E-state index in [1.54, 1.807) is 12.4 Å². The Bertz CT molecular complexity index is 477. The van der Waals surface area contributed by atoms with Crippen LogP contribution in [0.15, 0.2) is 30.6 Å². The summed E-state index contributed by atoms with van der Waals surface area (Å²) in [6.45, 7) is 4.19. The molecule has 1 N–H and O–H groups in total. The average Bonchev–Trinajstić information content (AvgIpc) is 2.27. The second-order valence-electron chi connectivity index (χ2n) is 4.42. The highest BCUT2D eigenvalue weighted by molar-refractivity contribution is 5.77. The zero-order chi connectivity index (χ0) is 11.5. The van der Waals surface area contributed by atoms with Gasteiger partial charge in [-0.25, -0.2) is 0 Å². The molecule has 0 aliphatic rings. The maximum atomic E-state index is 10.1. The lowest BCUT2D eigenvalue weighted by atomic mass is 9.98. The van der Waals surface area contributed by atoms with Crippen LogP contribution in [0.2, 0.25) is 0 Å². The second-order valence-corrected chi connectivity index (χ2v) is 4.42. The lowest BCUT2D eigenvalue weighted by molar-refractivity contribution is 0.152. The van der Waals surface area contributed by atoms with Crippen LogP contribution in [0.3, 0.4) is 0 Å². The lowest BCUT2D eigenvalue weighted by Crippen LogP contribution is -2.03. The Balaban J connectivity index is 2.44. The monoisotopic (exact) mass is 216 g/mol. The van der Waals surface area contributed by atoms with E-state index in [2.05, 4.69) is 23.8 Å². The van der Waals surface area contributed by atoms with Crippen molar-refractivity contribution in [1.82, 2.24) is 9.97 Å². The Kier molecular flexibility index (Phi) is 3.15. The van der Waals surface area contributed by atoms with Crippen molar-refractivity contribution in [3.63, 3.8) is 0 Å². The second kappa shape index (κ2) is 4.58. The van der Waals surface area contributed by atoms with Crippen molar-refractivity contribution in [3.8, 4) is 0 Å².